The largest absolute Gasteiger partial charge is 0.481 e. The Morgan fingerprint density at radius 2 is 2.11 bits per heavy atom. The van der Waals surface area contributed by atoms with Gasteiger partial charge >= 0.3 is 5.97 Å². The van der Waals surface area contributed by atoms with Crippen molar-refractivity contribution >= 4 is 11.8 Å². The van der Waals surface area contributed by atoms with Crippen LogP contribution >= 0.6 is 0 Å². The fourth-order valence-corrected chi connectivity index (χ4v) is 5.72. The molecule has 2 aromatic heterocycles. The van der Waals surface area contributed by atoms with E-state index in [1.54, 1.807) is 0 Å². The number of rotatable bonds is 9. The van der Waals surface area contributed by atoms with Crippen LogP contribution in [0.2, 0.25) is 0 Å². The Labute approximate surface area is 213 Å². The molecule has 2 atom stereocenters. The van der Waals surface area contributed by atoms with Gasteiger partial charge in [-0.15, -0.1) is 0 Å². The number of carboxylic acid groups (broad SMARTS) is 1. The van der Waals surface area contributed by atoms with E-state index in [-0.39, 0.29) is 0 Å². The number of benzene rings is 1. The molecule has 190 valence electrons. The molecule has 1 fully saturated rings. The molecule has 0 aliphatic carbocycles. The summed E-state index contributed by atoms with van der Waals surface area (Å²) in [5.74, 6) is 0.443. The molecule has 36 heavy (non-hydrogen) atoms. The Morgan fingerprint density at radius 3 is 2.92 bits per heavy atom. The number of nitrogens with zero attached hydrogens (tertiary/aromatic N) is 4. The van der Waals surface area contributed by atoms with E-state index in [9.17, 15) is 9.90 Å². The number of hydrogen-bond donors (Lipinski definition) is 2. The van der Waals surface area contributed by atoms with Crippen molar-refractivity contribution in [1.29, 1.82) is 0 Å². The van der Waals surface area contributed by atoms with Gasteiger partial charge in [-0.2, -0.15) is 5.10 Å². The second kappa shape index (κ2) is 10.8. The van der Waals surface area contributed by atoms with Crippen LogP contribution < -0.4 is 5.32 Å². The summed E-state index contributed by atoms with van der Waals surface area (Å²) in [6, 6.07) is 14.3. The summed E-state index contributed by atoms with van der Waals surface area (Å²) in [7, 11) is 0. The second-order valence-electron chi connectivity index (χ2n) is 10.4. The van der Waals surface area contributed by atoms with Crippen molar-refractivity contribution in [2.75, 3.05) is 31.5 Å². The molecule has 4 heterocycles. The number of nitrogens with one attached hydrogen (secondary N) is 1. The summed E-state index contributed by atoms with van der Waals surface area (Å²) in [6.45, 7) is 7.90. The molecular formula is C29H37N5O2. The molecule has 0 radical (unpaired) electrons. The zero-order chi connectivity index (χ0) is 25.1. The average molecular weight is 488 g/mol. The molecular weight excluding hydrogens is 450 g/mol. The van der Waals surface area contributed by atoms with Crippen LogP contribution in [0, 0.1) is 19.8 Å². The summed E-state index contributed by atoms with van der Waals surface area (Å²) in [6.07, 6.45) is 6.23. The maximum absolute atomic E-state index is 12.2. The molecule has 7 heteroatoms. The molecule has 2 aliphatic heterocycles. The van der Waals surface area contributed by atoms with E-state index in [1.807, 2.05) is 48.9 Å². The molecule has 2 unspecified atom stereocenters. The molecule has 1 saturated heterocycles. The predicted molar refractivity (Wildman–Crippen MR) is 142 cm³/mol. The number of aryl methyl sites for hydroxylation is 4. The lowest BCUT2D eigenvalue weighted by molar-refractivity contribution is -0.139. The Hall–Kier alpha value is -3.19. The first-order valence-corrected chi connectivity index (χ1v) is 13.3. The van der Waals surface area contributed by atoms with Gasteiger partial charge in [0.25, 0.3) is 0 Å². The quantitative estimate of drug-likeness (QED) is 0.453. The van der Waals surface area contributed by atoms with Crippen LogP contribution in [0.5, 0.6) is 0 Å². The molecule has 2 aliphatic rings. The molecule has 0 spiro atoms. The van der Waals surface area contributed by atoms with Crippen LogP contribution in [-0.2, 0) is 17.6 Å². The maximum atomic E-state index is 12.2. The zero-order valence-electron chi connectivity index (χ0n) is 21.4. The smallest absolute Gasteiger partial charge is 0.311 e. The van der Waals surface area contributed by atoms with Gasteiger partial charge in [-0.05, 0) is 107 Å². The first kappa shape index (κ1) is 24.5. The summed E-state index contributed by atoms with van der Waals surface area (Å²) in [5.41, 5.74) is 6.27. The van der Waals surface area contributed by atoms with E-state index in [4.69, 9.17) is 4.98 Å². The molecule has 7 nitrogen and oxygen atoms in total. The zero-order valence-corrected chi connectivity index (χ0v) is 21.4. The molecule has 5 rings (SSSR count). The summed E-state index contributed by atoms with van der Waals surface area (Å²) >= 11 is 0. The lowest BCUT2D eigenvalue weighted by atomic mass is 9.95. The highest BCUT2D eigenvalue weighted by Gasteiger charge is 2.26. The van der Waals surface area contributed by atoms with Gasteiger partial charge in [0.05, 0.1) is 17.3 Å². The van der Waals surface area contributed by atoms with Crippen molar-refractivity contribution in [3.63, 3.8) is 0 Å². The van der Waals surface area contributed by atoms with E-state index < -0.39 is 11.9 Å². The highest BCUT2D eigenvalue weighted by molar-refractivity contribution is 5.76. The van der Waals surface area contributed by atoms with Crippen molar-refractivity contribution in [3.05, 3.63) is 70.7 Å². The van der Waals surface area contributed by atoms with Crippen molar-refractivity contribution in [3.8, 4) is 5.69 Å². The maximum Gasteiger partial charge on any atom is 0.311 e. The number of anilines is 1. The molecule has 1 aromatic carbocycles. The highest BCUT2D eigenvalue weighted by Crippen LogP contribution is 2.27. The van der Waals surface area contributed by atoms with Gasteiger partial charge < -0.3 is 15.3 Å². The molecule has 0 bridgehead atoms. The van der Waals surface area contributed by atoms with Crippen molar-refractivity contribution in [2.24, 2.45) is 5.92 Å². The SMILES string of the molecule is Cc1cc(C)n(-c2cccc(C(CCN3CCC(CCc4ccc5c(n4)NCCC5)C3)C(=O)O)c2)n1. The fourth-order valence-electron chi connectivity index (χ4n) is 5.72. The van der Waals surface area contributed by atoms with Crippen molar-refractivity contribution < 1.29 is 9.90 Å². The van der Waals surface area contributed by atoms with Gasteiger partial charge in [0.2, 0.25) is 0 Å². The number of carboxylic acids is 1. The Balaban J connectivity index is 1.15. The fraction of sp³-hybridized carbons (Fsp3) is 0.483. The number of hydrogen-bond acceptors (Lipinski definition) is 5. The predicted octanol–water partition coefficient (Wildman–Crippen LogP) is 4.76. The van der Waals surface area contributed by atoms with Crippen LogP contribution in [0.3, 0.4) is 0 Å². The number of carbonyl (C=O) groups is 1. The minimum absolute atomic E-state index is 0.520. The van der Waals surface area contributed by atoms with Gasteiger partial charge in [-0.25, -0.2) is 9.67 Å². The molecule has 3 aromatic rings. The minimum Gasteiger partial charge on any atom is -0.481 e. The lowest BCUT2D eigenvalue weighted by Crippen LogP contribution is -2.25. The van der Waals surface area contributed by atoms with E-state index in [0.29, 0.717) is 12.3 Å². The first-order valence-electron chi connectivity index (χ1n) is 13.3. The molecule has 0 saturated carbocycles. The van der Waals surface area contributed by atoms with Crippen LogP contribution in [0.25, 0.3) is 5.69 Å². The van der Waals surface area contributed by atoms with E-state index in [1.165, 1.54) is 24.1 Å². The average Bonchev–Trinajstić information content (AvgIpc) is 3.48. The standard InChI is InChI=1S/C29H37N5O2/c1-20-17-21(2)34(32-20)26-7-3-5-24(18-26)27(29(35)36)13-16-33-15-12-22(19-33)8-10-25-11-9-23-6-4-14-30-28(23)31-25/h3,5,7,9,11,17-18,22,27H,4,6,8,10,12-16,19H2,1-2H3,(H,30,31)(H,35,36). The second-order valence-corrected chi connectivity index (χ2v) is 10.4. The normalized spacial score (nSPS) is 18.6. The lowest BCUT2D eigenvalue weighted by Gasteiger charge is -2.20. The third-order valence-corrected chi connectivity index (χ3v) is 7.69. The Bertz CT molecular complexity index is 1220. The highest BCUT2D eigenvalue weighted by atomic mass is 16.4. The Kier molecular flexibility index (Phi) is 7.37. The van der Waals surface area contributed by atoms with Gasteiger partial charge in [-0.1, -0.05) is 18.2 Å². The summed E-state index contributed by atoms with van der Waals surface area (Å²) in [5, 5.41) is 18.0. The van der Waals surface area contributed by atoms with Crippen LogP contribution in [0.15, 0.2) is 42.5 Å². The van der Waals surface area contributed by atoms with Gasteiger partial charge in [0, 0.05) is 24.5 Å². The molecule has 2 N–H and O–H groups in total. The molecule has 0 amide bonds. The van der Waals surface area contributed by atoms with E-state index in [0.717, 1.165) is 73.9 Å². The van der Waals surface area contributed by atoms with Crippen molar-refractivity contribution in [2.45, 2.75) is 58.3 Å². The number of fused-ring (bicyclic) bond motifs is 1. The van der Waals surface area contributed by atoms with Crippen LogP contribution in [0.1, 0.15) is 59.8 Å². The van der Waals surface area contributed by atoms with Gasteiger partial charge in [0.1, 0.15) is 5.82 Å². The van der Waals surface area contributed by atoms with Gasteiger partial charge in [0.15, 0.2) is 0 Å². The summed E-state index contributed by atoms with van der Waals surface area (Å²) < 4.78 is 1.89. The third-order valence-electron chi connectivity index (χ3n) is 7.69. The monoisotopic (exact) mass is 487 g/mol. The topological polar surface area (TPSA) is 83.3 Å². The van der Waals surface area contributed by atoms with E-state index >= 15 is 0 Å². The minimum atomic E-state index is -0.761. The third kappa shape index (κ3) is 5.62. The number of likely N-dealkylation sites (tertiary alicyclic amines) is 1. The van der Waals surface area contributed by atoms with Crippen LogP contribution in [0.4, 0.5) is 5.82 Å². The number of aliphatic carboxylic acids is 1. The first-order chi connectivity index (χ1) is 17.5. The number of pyridine rings is 1. The van der Waals surface area contributed by atoms with Gasteiger partial charge in [-0.3, -0.25) is 4.79 Å². The van der Waals surface area contributed by atoms with Crippen LogP contribution in [-0.4, -0.2) is 56.9 Å². The van der Waals surface area contributed by atoms with Crippen molar-refractivity contribution in [1.82, 2.24) is 19.7 Å². The summed E-state index contributed by atoms with van der Waals surface area (Å²) in [4.78, 5) is 19.5. The number of aromatic nitrogens is 3. The van der Waals surface area contributed by atoms with E-state index in [2.05, 4.69) is 27.4 Å². The Morgan fingerprint density at radius 1 is 1.22 bits per heavy atom.